The van der Waals surface area contributed by atoms with Gasteiger partial charge in [-0.25, -0.2) is 0 Å². The molecule has 0 rings (SSSR count). The predicted molar refractivity (Wildman–Crippen MR) is 286 cm³/mol. The molecule has 3 N–H and O–H groups in total. The van der Waals surface area contributed by atoms with E-state index in [2.05, 4.69) is 31.3 Å². The van der Waals surface area contributed by atoms with Crippen molar-refractivity contribution in [3.05, 3.63) is 12.2 Å². The van der Waals surface area contributed by atoms with Crippen molar-refractivity contribution >= 4 is 5.91 Å². The van der Waals surface area contributed by atoms with Crippen molar-refractivity contribution in [2.24, 2.45) is 0 Å². The number of amides is 1. The molecule has 0 aromatic carbocycles. The van der Waals surface area contributed by atoms with Gasteiger partial charge in [0, 0.05) is 6.42 Å². The van der Waals surface area contributed by atoms with E-state index in [-0.39, 0.29) is 12.5 Å². The number of carbonyl (C=O) groups excluding carboxylic acids is 1. The van der Waals surface area contributed by atoms with Gasteiger partial charge in [-0.05, 0) is 38.5 Å². The summed E-state index contributed by atoms with van der Waals surface area (Å²) in [5.74, 6) is -0.0245. The second kappa shape index (κ2) is 56.5. The Bertz CT molecular complexity index is 890. The van der Waals surface area contributed by atoms with Crippen LogP contribution in [0.4, 0.5) is 0 Å². The summed E-state index contributed by atoms with van der Waals surface area (Å²) in [4.78, 5) is 12.5. The third-order valence-corrected chi connectivity index (χ3v) is 14.3. The van der Waals surface area contributed by atoms with Gasteiger partial charge in [-0.1, -0.05) is 315 Å². The van der Waals surface area contributed by atoms with Crippen LogP contribution < -0.4 is 5.32 Å². The van der Waals surface area contributed by atoms with Gasteiger partial charge in [0.1, 0.15) is 0 Å². The van der Waals surface area contributed by atoms with E-state index in [0.717, 1.165) is 25.7 Å². The first-order chi connectivity index (χ1) is 31.7. The molecular formula is C60H119NO3. The van der Waals surface area contributed by atoms with Crippen LogP contribution in [0.15, 0.2) is 12.2 Å². The van der Waals surface area contributed by atoms with Crippen molar-refractivity contribution in [3.63, 3.8) is 0 Å². The highest BCUT2D eigenvalue weighted by Crippen LogP contribution is 2.18. The highest BCUT2D eigenvalue weighted by Gasteiger charge is 2.20. The SMILES string of the molecule is CCCCCCCCCCCCCCCCCC/C=C\CCCCCCCCCCCCCCCCCCCC(=O)NC(CO)C(O)CCCCCCCCCCCCCCCCC. The minimum absolute atomic E-state index is 0.0245. The summed E-state index contributed by atoms with van der Waals surface area (Å²) >= 11 is 0. The van der Waals surface area contributed by atoms with Crippen molar-refractivity contribution in [1.82, 2.24) is 5.32 Å². The van der Waals surface area contributed by atoms with E-state index in [9.17, 15) is 15.0 Å². The number of rotatable bonds is 56. The first kappa shape index (κ1) is 63.1. The number of carbonyl (C=O) groups is 1. The molecule has 64 heavy (non-hydrogen) atoms. The lowest BCUT2D eigenvalue weighted by Gasteiger charge is -2.22. The topological polar surface area (TPSA) is 69.6 Å². The van der Waals surface area contributed by atoms with Crippen LogP contribution in [0, 0.1) is 0 Å². The smallest absolute Gasteiger partial charge is 0.220 e. The Morgan fingerprint density at radius 2 is 0.594 bits per heavy atom. The van der Waals surface area contributed by atoms with Gasteiger partial charge in [0.25, 0.3) is 0 Å². The lowest BCUT2D eigenvalue weighted by Crippen LogP contribution is -2.45. The Hall–Kier alpha value is -0.870. The Balaban J connectivity index is 3.36. The van der Waals surface area contributed by atoms with Crippen LogP contribution in [0.2, 0.25) is 0 Å². The lowest BCUT2D eigenvalue weighted by atomic mass is 10.0. The fraction of sp³-hybridized carbons (Fsp3) is 0.950. The molecule has 4 nitrogen and oxygen atoms in total. The standard InChI is InChI=1S/C60H119NO3/c1-3-5-7-9-11-13-15-17-19-20-21-22-23-24-25-26-27-28-29-30-31-32-33-34-35-36-37-38-39-40-42-44-46-48-50-52-54-56-60(64)61-58(57-62)59(63)55-53-51-49-47-45-43-41-18-16-14-12-10-8-6-4-2/h28-29,58-59,62-63H,3-27,30-57H2,1-2H3,(H,61,64)/b29-28-. The number of unbranched alkanes of at least 4 members (excludes halogenated alkanes) is 47. The van der Waals surface area contributed by atoms with Gasteiger partial charge in [0.05, 0.1) is 18.8 Å². The Morgan fingerprint density at radius 1 is 0.359 bits per heavy atom. The number of allylic oxidation sites excluding steroid dienone is 2. The summed E-state index contributed by atoms with van der Waals surface area (Å²) in [7, 11) is 0. The van der Waals surface area contributed by atoms with Crippen molar-refractivity contribution in [3.8, 4) is 0 Å². The van der Waals surface area contributed by atoms with Crippen molar-refractivity contribution in [2.45, 2.75) is 360 Å². The van der Waals surface area contributed by atoms with Gasteiger partial charge in [0.15, 0.2) is 0 Å². The average Bonchev–Trinajstić information content (AvgIpc) is 3.30. The van der Waals surface area contributed by atoms with E-state index < -0.39 is 12.1 Å². The molecule has 0 radical (unpaired) electrons. The molecule has 0 saturated heterocycles. The summed E-state index contributed by atoms with van der Waals surface area (Å²) in [5.41, 5.74) is 0. The van der Waals surface area contributed by atoms with Crippen LogP contribution in [0.3, 0.4) is 0 Å². The van der Waals surface area contributed by atoms with Crippen LogP contribution >= 0.6 is 0 Å². The molecule has 2 atom stereocenters. The zero-order chi connectivity index (χ0) is 46.3. The van der Waals surface area contributed by atoms with E-state index in [1.54, 1.807) is 0 Å². The number of nitrogens with one attached hydrogen (secondary N) is 1. The summed E-state index contributed by atoms with van der Waals surface area (Å²) in [6.07, 6.45) is 73.7. The van der Waals surface area contributed by atoms with Gasteiger partial charge >= 0.3 is 0 Å². The third-order valence-electron chi connectivity index (χ3n) is 14.3. The van der Waals surface area contributed by atoms with Crippen LogP contribution in [-0.2, 0) is 4.79 Å². The van der Waals surface area contributed by atoms with Crippen molar-refractivity contribution in [1.29, 1.82) is 0 Å². The van der Waals surface area contributed by atoms with E-state index in [1.165, 1.54) is 295 Å². The van der Waals surface area contributed by atoms with Gasteiger partial charge < -0.3 is 15.5 Å². The van der Waals surface area contributed by atoms with Crippen LogP contribution in [0.5, 0.6) is 0 Å². The van der Waals surface area contributed by atoms with Crippen LogP contribution in [-0.4, -0.2) is 34.9 Å². The molecule has 0 aliphatic heterocycles. The summed E-state index contributed by atoms with van der Waals surface area (Å²) in [6, 6.07) is -0.532. The van der Waals surface area contributed by atoms with E-state index >= 15 is 0 Å². The van der Waals surface area contributed by atoms with E-state index in [0.29, 0.717) is 12.8 Å². The molecule has 0 aliphatic carbocycles. The first-order valence-corrected chi connectivity index (χ1v) is 29.9. The molecule has 1 amide bonds. The minimum Gasteiger partial charge on any atom is -0.394 e. The fourth-order valence-electron chi connectivity index (χ4n) is 9.71. The predicted octanol–water partition coefficient (Wildman–Crippen LogP) is 19.7. The maximum Gasteiger partial charge on any atom is 0.220 e. The van der Waals surface area contributed by atoms with Crippen molar-refractivity contribution < 1.29 is 15.0 Å². The van der Waals surface area contributed by atoms with Crippen LogP contribution in [0.25, 0.3) is 0 Å². The van der Waals surface area contributed by atoms with Gasteiger partial charge in [0.2, 0.25) is 5.91 Å². The summed E-state index contributed by atoms with van der Waals surface area (Å²) in [6.45, 7) is 4.40. The number of aliphatic hydroxyl groups excluding tert-OH is 2. The zero-order valence-corrected chi connectivity index (χ0v) is 44.1. The molecule has 382 valence electrons. The third kappa shape index (κ3) is 52.1. The Labute approximate surface area is 403 Å². The minimum atomic E-state index is -0.656. The Kier molecular flexibility index (Phi) is 55.7. The average molecular weight is 903 g/mol. The van der Waals surface area contributed by atoms with Gasteiger partial charge in [-0.3, -0.25) is 4.79 Å². The monoisotopic (exact) mass is 902 g/mol. The largest absolute Gasteiger partial charge is 0.394 e. The number of aliphatic hydroxyl groups is 2. The van der Waals surface area contributed by atoms with E-state index in [1.807, 2.05) is 0 Å². The highest BCUT2D eigenvalue weighted by atomic mass is 16.3. The molecule has 0 spiro atoms. The molecule has 2 unspecified atom stereocenters. The zero-order valence-electron chi connectivity index (χ0n) is 44.1. The normalized spacial score (nSPS) is 12.8. The molecular weight excluding hydrogens is 783 g/mol. The maximum absolute atomic E-state index is 12.5. The summed E-state index contributed by atoms with van der Waals surface area (Å²) < 4.78 is 0. The maximum atomic E-state index is 12.5. The van der Waals surface area contributed by atoms with Gasteiger partial charge in [-0.15, -0.1) is 0 Å². The molecule has 0 heterocycles. The van der Waals surface area contributed by atoms with Crippen molar-refractivity contribution in [2.75, 3.05) is 6.61 Å². The lowest BCUT2D eigenvalue weighted by molar-refractivity contribution is -0.123. The molecule has 0 fully saturated rings. The molecule has 0 bridgehead atoms. The summed E-state index contributed by atoms with van der Waals surface area (Å²) in [5, 5.41) is 23.3. The second-order valence-corrected chi connectivity index (χ2v) is 20.8. The van der Waals surface area contributed by atoms with Crippen LogP contribution in [0.1, 0.15) is 348 Å². The highest BCUT2D eigenvalue weighted by molar-refractivity contribution is 5.76. The number of hydrogen-bond donors (Lipinski definition) is 3. The molecule has 4 heteroatoms. The quantitative estimate of drug-likeness (QED) is 0.0421. The van der Waals surface area contributed by atoms with E-state index in [4.69, 9.17) is 0 Å². The fourth-order valence-corrected chi connectivity index (χ4v) is 9.71. The first-order valence-electron chi connectivity index (χ1n) is 29.9. The molecule has 0 aliphatic rings. The molecule has 0 aromatic heterocycles. The second-order valence-electron chi connectivity index (χ2n) is 20.8. The molecule has 0 aromatic rings. The Morgan fingerprint density at radius 3 is 0.859 bits per heavy atom. The number of hydrogen-bond acceptors (Lipinski definition) is 3. The molecule has 0 saturated carbocycles. The van der Waals surface area contributed by atoms with Gasteiger partial charge in [-0.2, -0.15) is 0 Å².